The second kappa shape index (κ2) is 12.6. The third-order valence-electron chi connectivity index (χ3n) is 9.18. The number of carboxylic acids is 1. The number of nitrogens with zero attached hydrogens (tertiary/aromatic N) is 2. The van der Waals surface area contributed by atoms with Crippen molar-refractivity contribution in [1.29, 1.82) is 0 Å². The van der Waals surface area contributed by atoms with Crippen LogP contribution in [0.1, 0.15) is 10.5 Å². The van der Waals surface area contributed by atoms with Gasteiger partial charge < -0.3 is 9.67 Å². The summed E-state index contributed by atoms with van der Waals surface area (Å²) in [6.45, 7) is 0. The summed E-state index contributed by atoms with van der Waals surface area (Å²) < 4.78 is 2.20. The minimum absolute atomic E-state index is 0.0180. The molecule has 0 radical (unpaired) electrons. The Bertz CT molecular complexity index is 2420. The number of aromatic carboxylic acids is 1. The fourth-order valence-corrected chi connectivity index (χ4v) is 6.92. The molecule has 0 aliphatic rings. The van der Waals surface area contributed by atoms with Gasteiger partial charge in [0.2, 0.25) is 0 Å². The average Bonchev–Trinajstić information content (AvgIpc) is 3.48. The standard InChI is InChI=1S/C45H32N2O2/c1-47-43(36-18-10-4-11-19-36)39-38(34-26-22-32(23-27-34)30-14-6-2-7-15-30)42(45(48)49)46-41(40(39)44(47)37-20-12-5-13-21-37)35-28-24-33(25-29-35)31-16-8-3-9-17-31/h2-29H,1H3,(H,48,49). The van der Waals surface area contributed by atoms with Gasteiger partial charge in [0.1, 0.15) is 0 Å². The van der Waals surface area contributed by atoms with E-state index in [4.69, 9.17) is 4.98 Å². The second-order valence-electron chi connectivity index (χ2n) is 12.1. The van der Waals surface area contributed by atoms with Crippen molar-refractivity contribution in [3.8, 4) is 67.2 Å². The SMILES string of the molecule is Cn1c(-c2ccccc2)c2c(-c3ccc(-c4ccccc4)cc3)nc(C(=O)O)c(-c3ccc(-c4ccccc4)cc3)c2c1-c1ccccc1. The number of carbonyl (C=O) groups is 1. The Balaban J connectivity index is 1.48. The number of pyridine rings is 1. The van der Waals surface area contributed by atoms with E-state index >= 15 is 0 Å². The van der Waals surface area contributed by atoms with E-state index in [0.717, 1.165) is 66.7 Å². The van der Waals surface area contributed by atoms with Crippen LogP contribution >= 0.6 is 0 Å². The van der Waals surface area contributed by atoms with Crippen LogP contribution < -0.4 is 0 Å². The molecule has 8 rings (SSSR count). The number of hydrogen-bond acceptors (Lipinski definition) is 2. The van der Waals surface area contributed by atoms with E-state index in [1.54, 1.807) is 0 Å². The lowest BCUT2D eigenvalue weighted by atomic mass is 9.90. The first-order chi connectivity index (χ1) is 24.1. The van der Waals surface area contributed by atoms with Gasteiger partial charge in [-0.15, -0.1) is 0 Å². The fourth-order valence-electron chi connectivity index (χ4n) is 6.92. The first-order valence-corrected chi connectivity index (χ1v) is 16.3. The molecule has 0 amide bonds. The van der Waals surface area contributed by atoms with Gasteiger partial charge >= 0.3 is 5.97 Å². The van der Waals surface area contributed by atoms with Crippen molar-refractivity contribution in [1.82, 2.24) is 9.55 Å². The van der Waals surface area contributed by atoms with Gasteiger partial charge in [-0.1, -0.05) is 170 Å². The zero-order valence-corrected chi connectivity index (χ0v) is 26.9. The van der Waals surface area contributed by atoms with Crippen LogP contribution in [0.2, 0.25) is 0 Å². The smallest absolute Gasteiger partial charge is 0.355 e. The maximum absolute atomic E-state index is 13.3. The predicted molar refractivity (Wildman–Crippen MR) is 200 cm³/mol. The van der Waals surface area contributed by atoms with Gasteiger partial charge in [0.15, 0.2) is 5.69 Å². The number of rotatable bonds is 7. The third-order valence-corrected chi connectivity index (χ3v) is 9.18. The molecule has 2 heterocycles. The molecule has 0 aliphatic carbocycles. The van der Waals surface area contributed by atoms with Crippen LogP contribution in [0.3, 0.4) is 0 Å². The van der Waals surface area contributed by atoms with Gasteiger partial charge in [-0.05, 0) is 38.9 Å². The summed E-state index contributed by atoms with van der Waals surface area (Å²) in [5.74, 6) is -1.07. The Kier molecular flexibility index (Phi) is 7.67. The molecule has 0 bridgehead atoms. The summed E-state index contributed by atoms with van der Waals surface area (Å²) in [5.41, 5.74) is 11.2. The highest BCUT2D eigenvalue weighted by Crippen LogP contribution is 2.48. The zero-order valence-electron chi connectivity index (χ0n) is 26.9. The van der Waals surface area contributed by atoms with Crippen molar-refractivity contribution in [2.75, 3.05) is 0 Å². The molecule has 1 N–H and O–H groups in total. The zero-order chi connectivity index (χ0) is 33.3. The largest absolute Gasteiger partial charge is 0.476 e. The summed E-state index contributed by atoms with van der Waals surface area (Å²) in [7, 11) is 2.07. The minimum Gasteiger partial charge on any atom is -0.476 e. The van der Waals surface area contributed by atoms with Crippen LogP contribution in [0, 0.1) is 0 Å². The molecule has 0 saturated carbocycles. The van der Waals surface area contributed by atoms with Crippen molar-refractivity contribution in [2.45, 2.75) is 0 Å². The summed E-state index contributed by atoms with van der Waals surface area (Å²) in [4.78, 5) is 18.3. The van der Waals surface area contributed by atoms with Crippen LogP contribution in [-0.2, 0) is 7.05 Å². The quantitative estimate of drug-likeness (QED) is 0.190. The lowest BCUT2D eigenvalue weighted by Crippen LogP contribution is -2.06. The Hall–Kier alpha value is -6.52. The molecule has 49 heavy (non-hydrogen) atoms. The molecule has 0 unspecified atom stereocenters. The summed E-state index contributed by atoms with van der Waals surface area (Å²) in [5, 5.41) is 12.6. The first kappa shape index (κ1) is 29.9. The van der Waals surface area contributed by atoms with E-state index < -0.39 is 5.97 Å². The molecule has 234 valence electrons. The molecule has 0 fully saturated rings. The minimum atomic E-state index is -1.07. The van der Waals surface area contributed by atoms with Crippen LogP contribution in [0.25, 0.3) is 77.9 Å². The monoisotopic (exact) mass is 632 g/mol. The highest BCUT2D eigenvalue weighted by atomic mass is 16.4. The van der Waals surface area contributed by atoms with Gasteiger partial charge in [0, 0.05) is 28.9 Å². The van der Waals surface area contributed by atoms with E-state index in [9.17, 15) is 9.90 Å². The number of carboxylic acid groups (broad SMARTS) is 1. The second-order valence-corrected chi connectivity index (χ2v) is 12.1. The van der Waals surface area contributed by atoms with E-state index in [1.807, 2.05) is 97.1 Å². The van der Waals surface area contributed by atoms with Crippen LogP contribution in [0.5, 0.6) is 0 Å². The summed E-state index contributed by atoms with van der Waals surface area (Å²) in [6, 6.07) is 57.3. The van der Waals surface area contributed by atoms with Crippen LogP contribution in [0.4, 0.5) is 0 Å². The first-order valence-electron chi connectivity index (χ1n) is 16.3. The molecule has 4 heteroatoms. The van der Waals surface area contributed by atoms with Crippen molar-refractivity contribution >= 4 is 16.7 Å². The third kappa shape index (κ3) is 5.39. The van der Waals surface area contributed by atoms with Crippen molar-refractivity contribution < 1.29 is 9.90 Å². The number of aromatic nitrogens is 2. The fraction of sp³-hybridized carbons (Fsp3) is 0.0222. The van der Waals surface area contributed by atoms with E-state index in [-0.39, 0.29) is 5.69 Å². The topological polar surface area (TPSA) is 55.1 Å². The van der Waals surface area contributed by atoms with Crippen LogP contribution in [-0.4, -0.2) is 20.6 Å². The molecule has 6 aromatic carbocycles. The van der Waals surface area contributed by atoms with Gasteiger partial charge in [-0.25, -0.2) is 9.78 Å². The molecule has 2 aromatic heterocycles. The maximum atomic E-state index is 13.3. The molecular formula is C45H32N2O2. The maximum Gasteiger partial charge on any atom is 0.355 e. The number of fused-ring (bicyclic) bond motifs is 1. The van der Waals surface area contributed by atoms with Gasteiger partial charge in [0.25, 0.3) is 0 Å². The molecule has 0 saturated heterocycles. The lowest BCUT2D eigenvalue weighted by Gasteiger charge is -2.15. The Morgan fingerprint density at radius 2 is 0.796 bits per heavy atom. The molecule has 0 atom stereocenters. The van der Waals surface area contributed by atoms with E-state index in [0.29, 0.717) is 11.3 Å². The molecule has 0 aliphatic heterocycles. The average molecular weight is 633 g/mol. The van der Waals surface area contributed by atoms with E-state index in [1.165, 1.54) is 0 Å². The molecule has 8 aromatic rings. The van der Waals surface area contributed by atoms with Gasteiger partial charge in [0.05, 0.1) is 17.1 Å². The number of hydrogen-bond donors (Lipinski definition) is 1. The Labute approximate surface area is 285 Å². The highest BCUT2D eigenvalue weighted by Gasteiger charge is 2.29. The Morgan fingerprint density at radius 3 is 1.22 bits per heavy atom. The number of benzene rings is 6. The highest BCUT2D eigenvalue weighted by molar-refractivity contribution is 6.20. The summed E-state index contributed by atoms with van der Waals surface area (Å²) >= 11 is 0. The lowest BCUT2D eigenvalue weighted by molar-refractivity contribution is 0.0691. The van der Waals surface area contributed by atoms with Gasteiger partial charge in [-0.3, -0.25) is 0 Å². The summed E-state index contributed by atoms with van der Waals surface area (Å²) in [6.07, 6.45) is 0. The Morgan fingerprint density at radius 1 is 0.449 bits per heavy atom. The van der Waals surface area contributed by atoms with Crippen LogP contribution in [0.15, 0.2) is 170 Å². The van der Waals surface area contributed by atoms with Crippen molar-refractivity contribution in [3.63, 3.8) is 0 Å². The molecule has 0 spiro atoms. The normalized spacial score (nSPS) is 11.1. The van der Waals surface area contributed by atoms with Crippen molar-refractivity contribution in [3.05, 3.63) is 176 Å². The van der Waals surface area contributed by atoms with Crippen molar-refractivity contribution in [2.24, 2.45) is 7.05 Å². The predicted octanol–water partition coefficient (Wildman–Crippen LogP) is 11.3. The van der Waals surface area contributed by atoms with Gasteiger partial charge in [-0.2, -0.15) is 0 Å². The van der Waals surface area contributed by atoms with E-state index in [2.05, 4.69) is 84.4 Å². The molecule has 4 nitrogen and oxygen atoms in total. The molecular weight excluding hydrogens is 601 g/mol.